The molecule has 0 atom stereocenters. The van der Waals surface area contributed by atoms with Gasteiger partial charge >= 0.3 is 6.03 Å². The number of carbonyl (C=O) groups excluding carboxylic acids is 1. The second kappa shape index (κ2) is 7.43. The van der Waals surface area contributed by atoms with E-state index >= 15 is 0 Å². The lowest BCUT2D eigenvalue weighted by Gasteiger charge is -2.37. The number of rotatable bonds is 0. The van der Waals surface area contributed by atoms with E-state index in [-0.39, 0.29) is 11.6 Å². The summed E-state index contributed by atoms with van der Waals surface area (Å²) in [5.41, 5.74) is 2.74. The van der Waals surface area contributed by atoms with Gasteiger partial charge in [0.25, 0.3) is 0 Å². The molecule has 29 heavy (non-hydrogen) atoms. The minimum absolute atomic E-state index is 0.00937. The minimum Gasteiger partial charge on any atom is -0.454 e. The van der Waals surface area contributed by atoms with Crippen LogP contribution in [0.25, 0.3) is 0 Å². The van der Waals surface area contributed by atoms with E-state index in [4.69, 9.17) is 9.73 Å². The molecule has 6 heteroatoms. The van der Waals surface area contributed by atoms with Crippen LogP contribution in [0.15, 0.2) is 47.5 Å². The van der Waals surface area contributed by atoms with Crippen molar-refractivity contribution in [3.8, 4) is 11.5 Å². The van der Waals surface area contributed by atoms with Gasteiger partial charge in [-0.2, -0.15) is 0 Å². The molecule has 0 unspecified atom stereocenters. The van der Waals surface area contributed by atoms with Crippen LogP contribution in [0.4, 0.5) is 10.5 Å². The van der Waals surface area contributed by atoms with Crippen molar-refractivity contribution < 1.29 is 9.53 Å². The van der Waals surface area contributed by atoms with E-state index in [1.807, 2.05) is 56.0 Å². The molecule has 6 nitrogen and oxygen atoms in total. The lowest BCUT2D eigenvalue weighted by Crippen LogP contribution is -2.56. The second-order valence-corrected chi connectivity index (χ2v) is 8.66. The average molecular weight is 393 g/mol. The molecular weight excluding hydrogens is 364 g/mol. The number of para-hydroxylation sites is 2. The van der Waals surface area contributed by atoms with Gasteiger partial charge in [0, 0.05) is 31.7 Å². The molecule has 0 radical (unpaired) electrons. The first-order valence-electron chi connectivity index (χ1n) is 10.1. The van der Waals surface area contributed by atoms with Crippen molar-refractivity contribution in [1.82, 2.24) is 15.1 Å². The van der Waals surface area contributed by atoms with Crippen LogP contribution in [0.1, 0.15) is 31.9 Å². The highest BCUT2D eigenvalue weighted by atomic mass is 16.5. The van der Waals surface area contributed by atoms with Crippen molar-refractivity contribution in [3.05, 3.63) is 53.6 Å². The Morgan fingerprint density at radius 1 is 1.03 bits per heavy atom. The number of hydrogen-bond acceptors (Lipinski definition) is 4. The van der Waals surface area contributed by atoms with Gasteiger partial charge < -0.3 is 19.9 Å². The number of piperazine rings is 1. The van der Waals surface area contributed by atoms with Crippen LogP contribution < -0.4 is 10.1 Å². The van der Waals surface area contributed by atoms with E-state index in [0.29, 0.717) is 13.1 Å². The fourth-order valence-corrected chi connectivity index (χ4v) is 3.60. The molecule has 2 aliphatic rings. The van der Waals surface area contributed by atoms with Crippen LogP contribution in [0.3, 0.4) is 0 Å². The number of benzene rings is 2. The summed E-state index contributed by atoms with van der Waals surface area (Å²) in [5, 5.41) is 3.05. The van der Waals surface area contributed by atoms with E-state index in [9.17, 15) is 4.79 Å². The van der Waals surface area contributed by atoms with Crippen LogP contribution in [0, 0.1) is 6.92 Å². The summed E-state index contributed by atoms with van der Waals surface area (Å²) in [4.78, 5) is 21.6. The van der Waals surface area contributed by atoms with Gasteiger partial charge in [0.15, 0.2) is 5.75 Å². The Morgan fingerprint density at radius 2 is 1.76 bits per heavy atom. The molecule has 4 rings (SSSR count). The Bertz CT molecular complexity index is 954. The first-order valence-corrected chi connectivity index (χ1v) is 10.1. The number of aliphatic imine (C=N–C) groups is 1. The number of amidine groups is 1. The third-order valence-corrected chi connectivity index (χ3v) is 5.04. The third-order valence-electron chi connectivity index (χ3n) is 5.04. The van der Waals surface area contributed by atoms with Crippen molar-refractivity contribution in [2.24, 2.45) is 4.99 Å². The molecule has 0 aliphatic carbocycles. The summed E-state index contributed by atoms with van der Waals surface area (Å²) in [6, 6.07) is 14.0. The highest BCUT2D eigenvalue weighted by molar-refractivity contribution is 6.04. The predicted molar refractivity (Wildman–Crippen MR) is 115 cm³/mol. The predicted octanol–water partition coefficient (Wildman–Crippen LogP) is 4.30. The molecule has 1 saturated heterocycles. The Morgan fingerprint density at radius 3 is 2.48 bits per heavy atom. The fourth-order valence-electron chi connectivity index (χ4n) is 3.60. The molecule has 1 fully saturated rings. The zero-order valence-corrected chi connectivity index (χ0v) is 17.5. The summed E-state index contributed by atoms with van der Waals surface area (Å²) in [6.45, 7) is 10.8. The SMILES string of the molecule is Cc1ccc2c(c1)C(N1CCN(C(=O)NC(C)(C)C)CC1)=Nc1ccccc1O2. The third kappa shape index (κ3) is 4.21. The second-order valence-electron chi connectivity index (χ2n) is 8.66. The zero-order chi connectivity index (χ0) is 20.6. The maximum atomic E-state index is 12.5. The zero-order valence-electron chi connectivity index (χ0n) is 17.5. The number of hydrogen-bond donors (Lipinski definition) is 1. The summed E-state index contributed by atoms with van der Waals surface area (Å²) < 4.78 is 6.18. The van der Waals surface area contributed by atoms with Crippen LogP contribution >= 0.6 is 0 Å². The van der Waals surface area contributed by atoms with Gasteiger partial charge in [-0.05, 0) is 52.0 Å². The maximum absolute atomic E-state index is 12.5. The number of amides is 2. The molecule has 1 N–H and O–H groups in total. The van der Waals surface area contributed by atoms with Crippen LogP contribution in [0.2, 0.25) is 0 Å². The largest absolute Gasteiger partial charge is 0.454 e. The molecule has 152 valence electrons. The van der Waals surface area contributed by atoms with Crippen molar-refractivity contribution in [1.29, 1.82) is 0 Å². The number of fused-ring (bicyclic) bond motifs is 2. The van der Waals surface area contributed by atoms with Gasteiger partial charge in [-0.15, -0.1) is 0 Å². The van der Waals surface area contributed by atoms with E-state index in [1.165, 1.54) is 0 Å². The summed E-state index contributed by atoms with van der Waals surface area (Å²) in [7, 11) is 0. The molecule has 2 amide bonds. The lowest BCUT2D eigenvalue weighted by atomic mass is 10.1. The van der Waals surface area contributed by atoms with E-state index in [0.717, 1.165) is 47.2 Å². The molecular formula is C23H28N4O2. The van der Waals surface area contributed by atoms with Crippen molar-refractivity contribution in [2.75, 3.05) is 26.2 Å². The Labute approximate surface area is 172 Å². The topological polar surface area (TPSA) is 57.2 Å². The van der Waals surface area contributed by atoms with Crippen LogP contribution in [-0.2, 0) is 0 Å². The molecule has 2 aromatic rings. The summed E-state index contributed by atoms with van der Waals surface area (Å²) in [5.74, 6) is 2.48. The summed E-state index contributed by atoms with van der Waals surface area (Å²) >= 11 is 0. The molecule has 0 bridgehead atoms. The number of nitrogens with zero attached hydrogens (tertiary/aromatic N) is 3. The molecule has 2 aliphatic heterocycles. The van der Waals surface area contributed by atoms with Crippen LogP contribution in [-0.4, -0.2) is 53.4 Å². The maximum Gasteiger partial charge on any atom is 0.317 e. The Balaban J connectivity index is 1.60. The van der Waals surface area contributed by atoms with E-state index < -0.39 is 0 Å². The normalized spacial score (nSPS) is 16.2. The Kier molecular flexibility index (Phi) is 4.94. The first-order chi connectivity index (χ1) is 13.8. The van der Waals surface area contributed by atoms with Gasteiger partial charge in [0.1, 0.15) is 17.3 Å². The Hall–Kier alpha value is -3.02. The highest BCUT2D eigenvalue weighted by Crippen LogP contribution is 2.38. The quantitative estimate of drug-likeness (QED) is 0.727. The smallest absolute Gasteiger partial charge is 0.317 e. The van der Waals surface area contributed by atoms with Gasteiger partial charge in [0.2, 0.25) is 0 Å². The molecule has 0 aromatic heterocycles. The summed E-state index contributed by atoms with van der Waals surface area (Å²) in [6.07, 6.45) is 0. The standard InChI is InChI=1S/C23H28N4O2/c1-16-9-10-19-17(15-16)21(24-18-7-5-6-8-20(18)29-19)26-11-13-27(14-12-26)22(28)25-23(2,3)4/h5-10,15H,11-14H2,1-4H3,(H,25,28). The minimum atomic E-state index is -0.239. The van der Waals surface area contributed by atoms with Crippen molar-refractivity contribution in [3.63, 3.8) is 0 Å². The number of urea groups is 1. The van der Waals surface area contributed by atoms with Crippen LogP contribution in [0.5, 0.6) is 11.5 Å². The lowest BCUT2D eigenvalue weighted by molar-refractivity contribution is 0.162. The number of nitrogens with one attached hydrogen (secondary N) is 1. The van der Waals surface area contributed by atoms with Gasteiger partial charge in [0.05, 0.1) is 5.56 Å². The number of carbonyl (C=O) groups is 1. The molecule has 2 aromatic carbocycles. The fraction of sp³-hybridized carbons (Fsp3) is 0.391. The number of aryl methyl sites for hydroxylation is 1. The van der Waals surface area contributed by atoms with Gasteiger partial charge in [-0.25, -0.2) is 9.79 Å². The molecule has 0 spiro atoms. The first kappa shape index (κ1) is 19.3. The van der Waals surface area contributed by atoms with Gasteiger partial charge in [-0.1, -0.05) is 23.8 Å². The van der Waals surface area contributed by atoms with Crippen molar-refractivity contribution in [2.45, 2.75) is 33.2 Å². The average Bonchev–Trinajstić information content (AvgIpc) is 2.83. The van der Waals surface area contributed by atoms with Gasteiger partial charge in [-0.3, -0.25) is 0 Å². The van der Waals surface area contributed by atoms with E-state index in [1.54, 1.807) is 0 Å². The number of ether oxygens (including phenoxy) is 1. The molecule has 2 heterocycles. The molecule has 0 saturated carbocycles. The monoisotopic (exact) mass is 392 g/mol. The highest BCUT2D eigenvalue weighted by Gasteiger charge is 2.28. The van der Waals surface area contributed by atoms with Crippen molar-refractivity contribution >= 4 is 17.6 Å². The van der Waals surface area contributed by atoms with E-state index in [2.05, 4.69) is 29.3 Å².